The van der Waals surface area contributed by atoms with Gasteiger partial charge in [-0.1, -0.05) is 24.2 Å². The predicted octanol–water partition coefficient (Wildman–Crippen LogP) is 7.05. The molecule has 2 aromatic carbocycles. The van der Waals surface area contributed by atoms with Crippen LogP contribution in [0.25, 0.3) is 11.3 Å². The van der Waals surface area contributed by atoms with Crippen LogP contribution in [0.4, 0.5) is 35.1 Å². The lowest BCUT2D eigenvalue weighted by Crippen LogP contribution is -2.12. The number of halogens is 8. The van der Waals surface area contributed by atoms with E-state index in [-0.39, 0.29) is 35.3 Å². The minimum absolute atomic E-state index is 0.00275. The van der Waals surface area contributed by atoms with E-state index in [1.807, 2.05) is 0 Å². The molecule has 1 aromatic heterocycles. The second-order valence-corrected chi connectivity index (χ2v) is 7.91. The number of amidine groups is 1. The summed E-state index contributed by atoms with van der Waals surface area (Å²) in [5.74, 6) is -2.42. The van der Waals surface area contributed by atoms with Crippen molar-refractivity contribution in [3.63, 3.8) is 0 Å². The Hall–Kier alpha value is -3.57. The summed E-state index contributed by atoms with van der Waals surface area (Å²) < 4.78 is 112. The summed E-state index contributed by atoms with van der Waals surface area (Å²) in [7, 11) is 0. The molecule has 2 heterocycles. The Morgan fingerprint density at radius 1 is 0.943 bits per heavy atom. The van der Waals surface area contributed by atoms with Crippen molar-refractivity contribution in [3.8, 4) is 11.3 Å². The summed E-state index contributed by atoms with van der Waals surface area (Å²) in [6.07, 6.45) is -8.33. The van der Waals surface area contributed by atoms with Gasteiger partial charge in [0, 0.05) is 23.8 Å². The zero-order valence-corrected chi connectivity index (χ0v) is 17.8. The molecule has 0 bridgehead atoms. The maximum absolute atomic E-state index is 14.0. The second-order valence-electron chi connectivity index (χ2n) is 7.91. The molecule has 0 radical (unpaired) electrons. The Labute approximate surface area is 193 Å². The van der Waals surface area contributed by atoms with E-state index in [1.165, 1.54) is 24.4 Å². The van der Waals surface area contributed by atoms with Gasteiger partial charge in [-0.05, 0) is 30.7 Å². The van der Waals surface area contributed by atoms with Crippen LogP contribution < -0.4 is 0 Å². The first-order valence-electron chi connectivity index (χ1n) is 10.2. The number of aliphatic imine (C=N–C) groups is 2. The number of alkyl halides is 6. The van der Waals surface area contributed by atoms with Crippen molar-refractivity contribution in [2.24, 2.45) is 9.98 Å². The van der Waals surface area contributed by atoms with Crippen LogP contribution in [-0.4, -0.2) is 23.2 Å². The highest BCUT2D eigenvalue weighted by Crippen LogP contribution is 2.41. The average molecular weight is 501 g/mol. The number of nitrogens with zero attached hydrogens (tertiary/aromatic N) is 3. The molecule has 0 saturated carbocycles. The normalized spacial score (nSPS) is 17.1. The lowest BCUT2D eigenvalue weighted by Gasteiger charge is -2.14. The van der Waals surface area contributed by atoms with Crippen molar-refractivity contribution in [2.75, 3.05) is 0 Å². The summed E-state index contributed by atoms with van der Waals surface area (Å²) >= 11 is 0. The minimum atomic E-state index is -5.06. The average Bonchev–Trinajstić information content (AvgIpc) is 3.44. The number of rotatable bonds is 5. The molecule has 2 unspecified atom stereocenters. The maximum atomic E-state index is 14.0. The molecule has 0 fully saturated rings. The van der Waals surface area contributed by atoms with Gasteiger partial charge in [-0.2, -0.15) is 26.3 Å². The first kappa shape index (κ1) is 24.6. The highest BCUT2D eigenvalue weighted by molar-refractivity contribution is 6.07. The lowest BCUT2D eigenvalue weighted by atomic mass is 9.97. The molecule has 12 heteroatoms. The van der Waals surface area contributed by atoms with Gasteiger partial charge < -0.3 is 4.52 Å². The summed E-state index contributed by atoms with van der Waals surface area (Å²) in [4.78, 5) is 8.25. The van der Waals surface area contributed by atoms with Crippen LogP contribution in [0.5, 0.6) is 0 Å². The van der Waals surface area contributed by atoms with Gasteiger partial charge in [0.25, 0.3) is 0 Å². The number of benzene rings is 2. The lowest BCUT2D eigenvalue weighted by molar-refractivity contribution is -0.142. The Morgan fingerprint density at radius 2 is 1.69 bits per heavy atom. The summed E-state index contributed by atoms with van der Waals surface area (Å²) in [5.41, 5.74) is -3.87. The molecule has 0 spiro atoms. The fourth-order valence-corrected chi connectivity index (χ4v) is 3.61. The molecule has 3 aromatic rings. The van der Waals surface area contributed by atoms with Crippen molar-refractivity contribution in [2.45, 2.75) is 37.7 Å². The quantitative estimate of drug-likeness (QED) is 0.352. The standard InChI is InChI=1S/C23H15F8N3O/c1-11(7-13-10-32-21(33-13)15-3-2-4-17(24)20(15)25)19-9-18(34-35-19)14-6-5-12(22(26,27)28)8-16(14)23(29,30)31/h2-6,8-11,13H,7H2,1H3. The SMILES string of the molecule is CC(CC1C=NC(c2cccc(F)c2F)=N1)c1cc(-c2ccc(C(F)(F)F)cc2C(F)(F)F)no1. The number of hydrogen-bond donors (Lipinski definition) is 0. The summed E-state index contributed by atoms with van der Waals surface area (Å²) in [6.45, 7) is 1.67. The third kappa shape index (κ3) is 5.10. The topological polar surface area (TPSA) is 50.8 Å². The van der Waals surface area contributed by atoms with E-state index in [4.69, 9.17) is 4.52 Å². The molecule has 0 amide bonds. The Balaban J connectivity index is 1.55. The van der Waals surface area contributed by atoms with Gasteiger partial charge in [0.15, 0.2) is 17.5 Å². The zero-order chi connectivity index (χ0) is 25.5. The smallest absolute Gasteiger partial charge is 0.360 e. The second kappa shape index (κ2) is 8.90. The van der Waals surface area contributed by atoms with E-state index in [0.29, 0.717) is 12.1 Å². The van der Waals surface area contributed by atoms with Crippen LogP contribution in [0, 0.1) is 11.6 Å². The Morgan fingerprint density at radius 3 is 2.37 bits per heavy atom. The molecule has 2 atom stereocenters. The van der Waals surface area contributed by atoms with E-state index in [2.05, 4.69) is 15.1 Å². The first-order chi connectivity index (χ1) is 16.3. The Bertz CT molecular complexity index is 1310. The van der Waals surface area contributed by atoms with Crippen LogP contribution in [0.15, 0.2) is 57.0 Å². The van der Waals surface area contributed by atoms with Gasteiger partial charge >= 0.3 is 12.4 Å². The van der Waals surface area contributed by atoms with Crippen molar-refractivity contribution in [3.05, 3.63) is 76.5 Å². The molecule has 1 aliphatic heterocycles. The van der Waals surface area contributed by atoms with E-state index in [9.17, 15) is 35.1 Å². The van der Waals surface area contributed by atoms with Gasteiger partial charge in [-0.15, -0.1) is 0 Å². The van der Waals surface area contributed by atoms with E-state index < -0.39 is 52.6 Å². The van der Waals surface area contributed by atoms with Gasteiger partial charge in [0.1, 0.15) is 11.5 Å². The van der Waals surface area contributed by atoms with Crippen LogP contribution >= 0.6 is 0 Å². The van der Waals surface area contributed by atoms with Crippen molar-refractivity contribution in [1.82, 2.24) is 5.16 Å². The first-order valence-corrected chi connectivity index (χ1v) is 10.2. The minimum Gasteiger partial charge on any atom is -0.360 e. The predicted molar refractivity (Wildman–Crippen MR) is 110 cm³/mol. The van der Waals surface area contributed by atoms with Crippen molar-refractivity contribution >= 4 is 12.1 Å². The maximum Gasteiger partial charge on any atom is 0.417 e. The van der Waals surface area contributed by atoms with Crippen molar-refractivity contribution < 1.29 is 39.6 Å². The summed E-state index contributed by atoms with van der Waals surface area (Å²) in [6, 6.07) is 5.54. The van der Waals surface area contributed by atoms with Crippen LogP contribution in [0.1, 0.15) is 41.7 Å². The van der Waals surface area contributed by atoms with Crippen molar-refractivity contribution in [1.29, 1.82) is 0 Å². The van der Waals surface area contributed by atoms with Crippen LogP contribution in [0.2, 0.25) is 0 Å². The van der Waals surface area contributed by atoms with E-state index >= 15 is 0 Å². The third-order valence-electron chi connectivity index (χ3n) is 5.39. The largest absolute Gasteiger partial charge is 0.417 e. The highest BCUT2D eigenvalue weighted by atomic mass is 19.4. The molecule has 0 saturated heterocycles. The zero-order valence-electron chi connectivity index (χ0n) is 17.8. The van der Waals surface area contributed by atoms with Gasteiger partial charge in [-0.25, -0.2) is 13.8 Å². The van der Waals surface area contributed by atoms with Gasteiger partial charge in [0.2, 0.25) is 0 Å². The van der Waals surface area contributed by atoms with E-state index in [0.717, 1.165) is 6.07 Å². The molecule has 0 N–H and O–H groups in total. The molecular weight excluding hydrogens is 486 g/mol. The molecule has 0 aliphatic carbocycles. The van der Waals surface area contributed by atoms with Gasteiger partial charge in [-0.3, -0.25) is 4.99 Å². The summed E-state index contributed by atoms with van der Waals surface area (Å²) in [5, 5.41) is 3.61. The molecule has 35 heavy (non-hydrogen) atoms. The Kier molecular flexibility index (Phi) is 6.24. The number of hydrogen-bond acceptors (Lipinski definition) is 4. The number of aromatic nitrogens is 1. The molecule has 4 rings (SSSR count). The highest BCUT2D eigenvalue weighted by Gasteiger charge is 2.39. The molecule has 1 aliphatic rings. The molecule has 4 nitrogen and oxygen atoms in total. The van der Waals surface area contributed by atoms with E-state index in [1.54, 1.807) is 6.92 Å². The van der Waals surface area contributed by atoms with Gasteiger partial charge in [0.05, 0.1) is 22.7 Å². The fourth-order valence-electron chi connectivity index (χ4n) is 3.61. The van der Waals surface area contributed by atoms with Crippen LogP contribution in [-0.2, 0) is 12.4 Å². The molecular formula is C23H15F8N3O. The molecule has 184 valence electrons. The fraction of sp³-hybridized carbons (Fsp3) is 0.261. The monoisotopic (exact) mass is 501 g/mol. The van der Waals surface area contributed by atoms with Crippen LogP contribution in [0.3, 0.4) is 0 Å². The third-order valence-corrected chi connectivity index (χ3v) is 5.39.